The van der Waals surface area contributed by atoms with E-state index in [1.54, 1.807) is 6.92 Å². The minimum atomic E-state index is -2.81. The highest BCUT2D eigenvalue weighted by atomic mass is 19.3. The fraction of sp³-hybridized carbons (Fsp3) is 0.182. The van der Waals surface area contributed by atoms with Crippen molar-refractivity contribution in [3.05, 3.63) is 41.5 Å². The molecule has 0 saturated heterocycles. The van der Waals surface area contributed by atoms with Crippen molar-refractivity contribution < 1.29 is 13.2 Å². The summed E-state index contributed by atoms with van der Waals surface area (Å²) in [6.07, 6.45) is 0.0937. The van der Waals surface area contributed by atoms with E-state index in [-0.39, 0.29) is 5.39 Å². The van der Waals surface area contributed by atoms with Crippen LogP contribution in [0, 0.1) is 12.7 Å². The van der Waals surface area contributed by atoms with Crippen LogP contribution in [0.15, 0.2) is 24.5 Å². The molecular formula is C11H8F3N. The molecule has 2 aromatic rings. The number of aromatic nitrogens is 1. The van der Waals surface area contributed by atoms with E-state index in [9.17, 15) is 13.2 Å². The van der Waals surface area contributed by atoms with E-state index in [0.717, 1.165) is 6.07 Å². The van der Waals surface area contributed by atoms with Gasteiger partial charge in [-0.05, 0) is 30.0 Å². The Hall–Kier alpha value is -1.58. The summed E-state index contributed by atoms with van der Waals surface area (Å²) in [5.41, 5.74) is 0.0229. The third-order valence-corrected chi connectivity index (χ3v) is 2.32. The molecule has 1 aromatic heterocycles. The first-order chi connectivity index (χ1) is 7.11. The number of halogens is 3. The summed E-state index contributed by atoms with van der Waals surface area (Å²) in [6, 6.07) is 2.50. The number of aryl methyl sites for hydroxylation is 1. The van der Waals surface area contributed by atoms with Crippen molar-refractivity contribution >= 4 is 10.8 Å². The van der Waals surface area contributed by atoms with Gasteiger partial charge >= 0.3 is 0 Å². The normalized spacial score (nSPS) is 11.3. The Morgan fingerprint density at radius 1 is 1.20 bits per heavy atom. The van der Waals surface area contributed by atoms with Gasteiger partial charge in [-0.3, -0.25) is 4.98 Å². The van der Waals surface area contributed by atoms with E-state index in [1.165, 1.54) is 18.5 Å². The van der Waals surface area contributed by atoms with Crippen molar-refractivity contribution in [3.8, 4) is 0 Å². The summed E-state index contributed by atoms with van der Waals surface area (Å²) in [4.78, 5) is 3.88. The second-order valence-electron chi connectivity index (χ2n) is 3.32. The number of rotatable bonds is 1. The molecular weight excluding hydrogens is 203 g/mol. The molecule has 0 bridgehead atoms. The van der Waals surface area contributed by atoms with Crippen LogP contribution in [-0.4, -0.2) is 4.98 Å². The Morgan fingerprint density at radius 2 is 1.93 bits per heavy atom. The monoisotopic (exact) mass is 211 g/mol. The van der Waals surface area contributed by atoms with Crippen LogP contribution in [-0.2, 0) is 0 Å². The molecule has 0 amide bonds. The summed E-state index contributed by atoms with van der Waals surface area (Å²) in [5.74, 6) is -0.869. The maximum Gasteiger partial charge on any atom is 0.267 e. The zero-order valence-corrected chi connectivity index (χ0v) is 7.97. The molecule has 0 aliphatic carbocycles. The number of benzene rings is 1. The van der Waals surface area contributed by atoms with E-state index in [4.69, 9.17) is 0 Å². The molecule has 1 heterocycles. The average Bonchev–Trinajstić information content (AvgIpc) is 2.18. The molecule has 0 radical (unpaired) electrons. The van der Waals surface area contributed by atoms with Crippen LogP contribution in [0.5, 0.6) is 0 Å². The molecule has 0 spiro atoms. The molecule has 78 valence electrons. The maximum absolute atomic E-state index is 13.2. The highest BCUT2D eigenvalue weighted by molar-refractivity contribution is 5.88. The fourth-order valence-electron chi connectivity index (χ4n) is 1.67. The van der Waals surface area contributed by atoms with Crippen LogP contribution >= 0.6 is 0 Å². The second kappa shape index (κ2) is 3.53. The summed E-state index contributed by atoms with van der Waals surface area (Å²) in [7, 11) is 0. The third kappa shape index (κ3) is 1.56. The van der Waals surface area contributed by atoms with E-state index in [0.29, 0.717) is 10.9 Å². The first-order valence-corrected chi connectivity index (χ1v) is 4.42. The Morgan fingerprint density at radius 3 is 2.60 bits per heavy atom. The molecule has 0 aliphatic rings. The van der Waals surface area contributed by atoms with Crippen LogP contribution in [0.4, 0.5) is 13.2 Å². The third-order valence-electron chi connectivity index (χ3n) is 2.32. The average molecular weight is 211 g/mol. The molecule has 0 N–H and O–H groups in total. The summed E-state index contributed by atoms with van der Waals surface area (Å²) < 4.78 is 38.6. The van der Waals surface area contributed by atoms with Gasteiger partial charge in [0.25, 0.3) is 6.43 Å². The highest BCUT2D eigenvalue weighted by Gasteiger charge is 2.18. The zero-order chi connectivity index (χ0) is 11.0. The second-order valence-corrected chi connectivity index (χ2v) is 3.32. The summed E-state index contributed by atoms with van der Waals surface area (Å²) in [5, 5.41) is 0.798. The predicted molar refractivity (Wildman–Crippen MR) is 51.4 cm³/mol. The van der Waals surface area contributed by atoms with Gasteiger partial charge in [-0.2, -0.15) is 0 Å². The number of alkyl halides is 2. The largest absolute Gasteiger partial charge is 0.267 e. The smallest absolute Gasteiger partial charge is 0.264 e. The Balaban J connectivity index is 2.91. The van der Waals surface area contributed by atoms with Gasteiger partial charge in [-0.15, -0.1) is 0 Å². The van der Waals surface area contributed by atoms with Crippen LogP contribution in [0.1, 0.15) is 17.6 Å². The maximum atomic E-state index is 13.2. The van der Waals surface area contributed by atoms with Crippen molar-refractivity contribution in [2.24, 2.45) is 0 Å². The minimum absolute atomic E-state index is 0.264. The molecule has 4 heteroatoms. The quantitative estimate of drug-likeness (QED) is 0.702. The number of nitrogens with zero attached hydrogens (tertiary/aromatic N) is 1. The topological polar surface area (TPSA) is 12.9 Å². The standard InChI is InChI=1S/C11H8F3N/c1-6-4-15-5-7-2-3-8(12)10(9(6)7)11(13)14/h2-5,11H,1H3. The van der Waals surface area contributed by atoms with Crippen molar-refractivity contribution in [1.29, 1.82) is 0 Å². The van der Waals surface area contributed by atoms with Gasteiger partial charge in [0.1, 0.15) is 5.82 Å². The lowest BCUT2D eigenvalue weighted by atomic mass is 10.0. The molecule has 1 aromatic carbocycles. The van der Waals surface area contributed by atoms with Crippen molar-refractivity contribution in [1.82, 2.24) is 4.98 Å². The fourth-order valence-corrected chi connectivity index (χ4v) is 1.67. The summed E-state index contributed by atoms with van der Waals surface area (Å²) >= 11 is 0. The number of fused-ring (bicyclic) bond motifs is 1. The molecule has 0 saturated carbocycles. The molecule has 15 heavy (non-hydrogen) atoms. The first-order valence-electron chi connectivity index (χ1n) is 4.42. The van der Waals surface area contributed by atoms with E-state index >= 15 is 0 Å². The zero-order valence-electron chi connectivity index (χ0n) is 7.97. The molecule has 0 unspecified atom stereocenters. The number of hydrogen-bond donors (Lipinski definition) is 0. The van der Waals surface area contributed by atoms with Crippen LogP contribution < -0.4 is 0 Å². The Labute approximate surface area is 84.6 Å². The minimum Gasteiger partial charge on any atom is -0.264 e. The van der Waals surface area contributed by atoms with Gasteiger partial charge in [0, 0.05) is 17.8 Å². The van der Waals surface area contributed by atoms with Crippen molar-refractivity contribution in [2.45, 2.75) is 13.3 Å². The van der Waals surface area contributed by atoms with Gasteiger partial charge in [0.05, 0.1) is 5.56 Å². The molecule has 0 fully saturated rings. The van der Waals surface area contributed by atoms with Crippen molar-refractivity contribution in [2.75, 3.05) is 0 Å². The first kappa shape index (κ1) is 9.96. The Kier molecular flexibility index (Phi) is 2.34. The van der Waals surface area contributed by atoms with Gasteiger partial charge in [-0.25, -0.2) is 13.2 Å². The lowest BCUT2D eigenvalue weighted by Gasteiger charge is -2.08. The van der Waals surface area contributed by atoms with Crippen LogP contribution in [0.25, 0.3) is 10.8 Å². The Bertz CT molecular complexity index is 508. The highest BCUT2D eigenvalue weighted by Crippen LogP contribution is 2.31. The number of pyridine rings is 1. The predicted octanol–water partition coefficient (Wildman–Crippen LogP) is 3.62. The lowest BCUT2D eigenvalue weighted by Crippen LogP contribution is -1.95. The van der Waals surface area contributed by atoms with E-state index < -0.39 is 17.8 Å². The number of hydrogen-bond acceptors (Lipinski definition) is 1. The lowest BCUT2D eigenvalue weighted by molar-refractivity contribution is 0.148. The van der Waals surface area contributed by atoms with E-state index in [2.05, 4.69) is 4.98 Å². The summed E-state index contributed by atoms with van der Waals surface area (Å²) in [6.45, 7) is 1.64. The van der Waals surface area contributed by atoms with E-state index in [1.807, 2.05) is 0 Å². The van der Waals surface area contributed by atoms with Gasteiger partial charge in [0.15, 0.2) is 0 Å². The van der Waals surface area contributed by atoms with Gasteiger partial charge in [-0.1, -0.05) is 0 Å². The molecule has 2 rings (SSSR count). The van der Waals surface area contributed by atoms with Crippen LogP contribution in [0.3, 0.4) is 0 Å². The van der Waals surface area contributed by atoms with Crippen molar-refractivity contribution in [3.63, 3.8) is 0 Å². The SMILES string of the molecule is Cc1cncc2ccc(F)c(C(F)F)c12. The molecule has 0 atom stereocenters. The van der Waals surface area contributed by atoms with Gasteiger partial charge in [0.2, 0.25) is 0 Å². The van der Waals surface area contributed by atoms with Gasteiger partial charge < -0.3 is 0 Å². The molecule has 0 aliphatic heterocycles. The van der Waals surface area contributed by atoms with Crippen LogP contribution in [0.2, 0.25) is 0 Å². The molecule has 1 nitrogen and oxygen atoms in total.